The highest BCUT2D eigenvalue weighted by molar-refractivity contribution is 7.86. The summed E-state index contributed by atoms with van der Waals surface area (Å²) in [6.45, 7) is 0. The van der Waals surface area contributed by atoms with Gasteiger partial charge in [0.15, 0.2) is 23.3 Å². The summed E-state index contributed by atoms with van der Waals surface area (Å²) in [5, 5.41) is 2.16. The fraction of sp³-hybridized carbons (Fsp3) is 0. The molecule has 0 saturated carbocycles. The predicted molar refractivity (Wildman–Crippen MR) is 87.9 cm³/mol. The molecule has 0 aliphatic heterocycles. The lowest BCUT2D eigenvalue weighted by Crippen LogP contribution is -2.19. The van der Waals surface area contributed by atoms with E-state index >= 15 is 0 Å². The van der Waals surface area contributed by atoms with Gasteiger partial charge in [-0.25, -0.2) is 22.0 Å². The molecule has 0 saturated heterocycles. The molecule has 0 aliphatic carbocycles. The standard InChI is InChI=1S/C17H8F5NO4S/c18-12-11(13(19)15(21)16(22)14(12)20)17(24)23-8-5-7-3-1-2-4-9(7)10(6-8)28(25,26)27/h1-6H,(H,23,24)(H,25,26,27). The Bertz CT molecular complexity index is 1220. The minimum atomic E-state index is -4.76. The van der Waals surface area contributed by atoms with Crippen molar-refractivity contribution in [1.82, 2.24) is 0 Å². The van der Waals surface area contributed by atoms with Gasteiger partial charge in [0.2, 0.25) is 5.82 Å². The molecule has 3 aromatic rings. The van der Waals surface area contributed by atoms with Gasteiger partial charge in [-0.15, -0.1) is 0 Å². The van der Waals surface area contributed by atoms with Gasteiger partial charge in [-0.1, -0.05) is 24.3 Å². The molecule has 0 bridgehead atoms. The summed E-state index contributed by atoms with van der Waals surface area (Å²) < 4.78 is 99.7. The summed E-state index contributed by atoms with van der Waals surface area (Å²) in [6, 6.07) is 7.72. The summed E-state index contributed by atoms with van der Waals surface area (Å²) in [5.41, 5.74) is -2.10. The summed E-state index contributed by atoms with van der Waals surface area (Å²) >= 11 is 0. The average Bonchev–Trinajstić information content (AvgIpc) is 2.63. The van der Waals surface area contributed by atoms with Gasteiger partial charge in [0, 0.05) is 11.1 Å². The molecule has 0 heterocycles. The molecular weight excluding hydrogens is 409 g/mol. The Morgan fingerprint density at radius 1 is 0.857 bits per heavy atom. The number of halogens is 5. The van der Waals surface area contributed by atoms with Crippen molar-refractivity contribution in [1.29, 1.82) is 0 Å². The largest absolute Gasteiger partial charge is 0.322 e. The van der Waals surface area contributed by atoms with Crippen LogP contribution in [0.5, 0.6) is 0 Å². The lowest BCUT2D eigenvalue weighted by Gasteiger charge is -2.11. The molecule has 2 N–H and O–H groups in total. The second kappa shape index (κ2) is 6.84. The topological polar surface area (TPSA) is 83.5 Å². The predicted octanol–water partition coefficient (Wildman–Crippen LogP) is 4.03. The van der Waals surface area contributed by atoms with Gasteiger partial charge in [-0.05, 0) is 17.5 Å². The van der Waals surface area contributed by atoms with Crippen LogP contribution in [0.3, 0.4) is 0 Å². The maximum atomic E-state index is 13.8. The van der Waals surface area contributed by atoms with Gasteiger partial charge in [0.1, 0.15) is 10.5 Å². The van der Waals surface area contributed by atoms with Crippen LogP contribution < -0.4 is 5.32 Å². The van der Waals surface area contributed by atoms with Crippen LogP contribution in [0.25, 0.3) is 10.8 Å². The van der Waals surface area contributed by atoms with Crippen molar-refractivity contribution in [3.63, 3.8) is 0 Å². The van der Waals surface area contributed by atoms with E-state index in [0.29, 0.717) is 0 Å². The highest BCUT2D eigenvalue weighted by atomic mass is 32.2. The summed E-state index contributed by atoms with van der Waals surface area (Å²) in [6.07, 6.45) is 0. The van der Waals surface area contributed by atoms with E-state index in [1.54, 1.807) is 0 Å². The molecule has 0 atom stereocenters. The number of rotatable bonds is 3. The Kier molecular flexibility index (Phi) is 4.81. The van der Waals surface area contributed by atoms with E-state index in [9.17, 15) is 39.7 Å². The van der Waals surface area contributed by atoms with Crippen LogP contribution in [0, 0.1) is 29.1 Å². The van der Waals surface area contributed by atoms with Crippen LogP contribution in [0.1, 0.15) is 10.4 Å². The highest BCUT2D eigenvalue weighted by Gasteiger charge is 2.30. The number of nitrogens with one attached hydrogen (secondary N) is 1. The first-order valence-corrected chi connectivity index (χ1v) is 8.79. The summed E-state index contributed by atoms with van der Waals surface area (Å²) in [5.74, 6) is -13.4. The second-order valence-electron chi connectivity index (χ2n) is 5.57. The molecule has 28 heavy (non-hydrogen) atoms. The number of carbonyl (C=O) groups excluding carboxylic acids is 1. The summed E-state index contributed by atoms with van der Waals surface area (Å²) in [4.78, 5) is 11.5. The number of benzene rings is 3. The van der Waals surface area contributed by atoms with Crippen molar-refractivity contribution in [2.75, 3.05) is 5.32 Å². The SMILES string of the molecule is O=C(Nc1cc(S(=O)(=O)O)c2ccccc2c1)c1c(F)c(F)c(F)c(F)c1F. The molecule has 0 radical (unpaired) electrons. The van der Waals surface area contributed by atoms with Crippen molar-refractivity contribution in [3.05, 3.63) is 71.0 Å². The van der Waals surface area contributed by atoms with Gasteiger partial charge in [-0.3, -0.25) is 9.35 Å². The van der Waals surface area contributed by atoms with E-state index in [1.807, 2.05) is 5.32 Å². The van der Waals surface area contributed by atoms with Crippen molar-refractivity contribution in [2.24, 2.45) is 0 Å². The van der Waals surface area contributed by atoms with Crippen LogP contribution in [0.2, 0.25) is 0 Å². The van der Waals surface area contributed by atoms with Crippen molar-refractivity contribution < 1.29 is 39.7 Å². The molecule has 11 heteroatoms. The number of carbonyl (C=O) groups is 1. The van der Waals surface area contributed by atoms with E-state index in [-0.39, 0.29) is 16.5 Å². The maximum Gasteiger partial charge on any atom is 0.295 e. The minimum absolute atomic E-state index is 0.0826. The summed E-state index contributed by atoms with van der Waals surface area (Å²) in [7, 11) is -4.76. The quantitative estimate of drug-likeness (QED) is 0.292. The number of fused-ring (bicyclic) bond motifs is 1. The number of anilines is 1. The highest BCUT2D eigenvalue weighted by Crippen LogP contribution is 2.29. The molecule has 3 aromatic carbocycles. The van der Waals surface area contributed by atoms with Gasteiger partial charge >= 0.3 is 0 Å². The molecule has 5 nitrogen and oxygen atoms in total. The number of hydrogen-bond acceptors (Lipinski definition) is 3. The Morgan fingerprint density at radius 2 is 1.39 bits per heavy atom. The van der Waals surface area contributed by atoms with Gasteiger partial charge in [0.25, 0.3) is 16.0 Å². The molecule has 0 spiro atoms. The van der Waals surface area contributed by atoms with Gasteiger partial charge < -0.3 is 5.32 Å². The Morgan fingerprint density at radius 3 is 1.96 bits per heavy atom. The fourth-order valence-corrected chi connectivity index (χ4v) is 3.30. The van der Waals surface area contributed by atoms with Crippen molar-refractivity contribution in [3.8, 4) is 0 Å². The maximum absolute atomic E-state index is 13.8. The molecule has 1 amide bonds. The van der Waals surface area contributed by atoms with Crippen LogP contribution in [-0.2, 0) is 10.1 Å². The molecule has 146 valence electrons. The third-order valence-corrected chi connectivity index (χ3v) is 4.69. The normalized spacial score (nSPS) is 11.6. The Hall–Kier alpha value is -3.05. The second-order valence-corrected chi connectivity index (χ2v) is 6.96. The molecular formula is C17H8F5NO4S. The Balaban J connectivity index is 2.13. The van der Waals surface area contributed by atoms with Crippen molar-refractivity contribution in [2.45, 2.75) is 4.90 Å². The lowest BCUT2D eigenvalue weighted by atomic mass is 10.1. The van der Waals surface area contributed by atoms with Crippen LogP contribution >= 0.6 is 0 Å². The van der Waals surface area contributed by atoms with Crippen molar-refractivity contribution >= 4 is 32.5 Å². The number of hydrogen-bond donors (Lipinski definition) is 2. The van der Waals surface area contributed by atoms with Gasteiger partial charge in [0.05, 0.1) is 0 Å². The van der Waals surface area contributed by atoms with Crippen LogP contribution in [-0.4, -0.2) is 18.9 Å². The van der Waals surface area contributed by atoms with E-state index in [2.05, 4.69) is 0 Å². The van der Waals surface area contributed by atoms with Gasteiger partial charge in [-0.2, -0.15) is 8.42 Å². The third kappa shape index (κ3) is 3.29. The molecule has 0 aromatic heterocycles. The average molecular weight is 417 g/mol. The molecule has 0 unspecified atom stereocenters. The fourth-order valence-electron chi connectivity index (χ4n) is 2.56. The first-order valence-electron chi connectivity index (χ1n) is 7.35. The minimum Gasteiger partial charge on any atom is -0.322 e. The molecule has 3 rings (SSSR count). The smallest absolute Gasteiger partial charge is 0.295 e. The van der Waals surface area contributed by atoms with E-state index in [0.717, 1.165) is 6.07 Å². The first-order chi connectivity index (χ1) is 13.0. The molecule has 0 fully saturated rings. The first kappa shape index (κ1) is 19.7. The number of amides is 1. The van der Waals surface area contributed by atoms with E-state index < -0.39 is 55.6 Å². The van der Waals surface area contributed by atoms with Crippen LogP contribution in [0.4, 0.5) is 27.6 Å². The Labute approximate surface area is 154 Å². The zero-order chi connectivity index (χ0) is 20.8. The molecule has 0 aliphatic rings. The van der Waals surface area contributed by atoms with E-state index in [1.165, 1.54) is 30.3 Å². The van der Waals surface area contributed by atoms with E-state index in [4.69, 9.17) is 0 Å². The van der Waals surface area contributed by atoms with Crippen LogP contribution in [0.15, 0.2) is 41.3 Å². The lowest BCUT2D eigenvalue weighted by molar-refractivity contribution is 0.101. The zero-order valence-corrected chi connectivity index (χ0v) is 14.3. The third-order valence-electron chi connectivity index (χ3n) is 3.80. The monoisotopic (exact) mass is 417 g/mol. The zero-order valence-electron chi connectivity index (χ0n) is 13.4.